The van der Waals surface area contributed by atoms with E-state index >= 15 is 0 Å². The number of hydrogen-bond acceptors (Lipinski definition) is 3. The van der Waals surface area contributed by atoms with Gasteiger partial charge in [-0.3, -0.25) is 5.10 Å². The number of carbonyl (C=O) groups excluding carboxylic acids is 1. The van der Waals surface area contributed by atoms with Crippen molar-refractivity contribution in [1.82, 2.24) is 15.1 Å². The first-order chi connectivity index (χ1) is 8.84. The Morgan fingerprint density at radius 1 is 1.39 bits per heavy atom. The van der Waals surface area contributed by atoms with E-state index < -0.39 is 0 Å². The fourth-order valence-electron chi connectivity index (χ4n) is 2.04. The molecule has 3 rings (SSSR count). The van der Waals surface area contributed by atoms with Gasteiger partial charge in [-0.25, -0.2) is 4.79 Å². The summed E-state index contributed by atoms with van der Waals surface area (Å²) in [4.78, 5) is 13.8. The normalized spacial score (nSPS) is 15.9. The van der Waals surface area contributed by atoms with Gasteiger partial charge in [0.25, 0.3) is 0 Å². The number of carbonyl (C=O) groups is 1. The molecule has 1 aromatic heterocycles. The van der Waals surface area contributed by atoms with Crippen molar-refractivity contribution < 1.29 is 9.53 Å². The van der Waals surface area contributed by atoms with Crippen LogP contribution < -0.4 is 5.32 Å². The number of morpholine rings is 1. The Kier molecular flexibility index (Phi) is 2.85. The Hall–Kier alpha value is -2.08. The maximum atomic E-state index is 12.1. The van der Waals surface area contributed by atoms with Crippen molar-refractivity contribution >= 4 is 22.6 Å². The van der Waals surface area contributed by atoms with E-state index in [1.807, 2.05) is 18.2 Å². The van der Waals surface area contributed by atoms with Crippen LogP contribution in [-0.4, -0.2) is 47.4 Å². The number of H-pyrrole nitrogens is 1. The molecule has 1 saturated heterocycles. The van der Waals surface area contributed by atoms with E-state index in [-0.39, 0.29) is 6.03 Å². The highest BCUT2D eigenvalue weighted by atomic mass is 16.5. The minimum atomic E-state index is -0.0907. The largest absolute Gasteiger partial charge is 0.378 e. The molecule has 0 bridgehead atoms. The lowest BCUT2D eigenvalue weighted by atomic mass is 10.2. The van der Waals surface area contributed by atoms with Crippen LogP contribution in [0.1, 0.15) is 0 Å². The molecular weight excluding hydrogens is 232 g/mol. The number of aromatic amines is 1. The van der Waals surface area contributed by atoms with Crippen molar-refractivity contribution in [3.05, 3.63) is 24.4 Å². The van der Waals surface area contributed by atoms with Crippen molar-refractivity contribution in [2.24, 2.45) is 0 Å². The smallest absolute Gasteiger partial charge is 0.322 e. The van der Waals surface area contributed by atoms with Crippen molar-refractivity contribution in [3.63, 3.8) is 0 Å². The fourth-order valence-corrected chi connectivity index (χ4v) is 2.04. The standard InChI is InChI=1S/C12H14N4O2/c17-12(16-4-6-18-7-5-16)14-10-2-1-3-11-9(10)8-13-15-11/h1-3,8H,4-7H2,(H,13,15)(H,14,17). The molecule has 18 heavy (non-hydrogen) atoms. The average Bonchev–Trinajstić information content (AvgIpc) is 2.89. The molecule has 0 spiro atoms. The number of aromatic nitrogens is 2. The topological polar surface area (TPSA) is 70.2 Å². The Morgan fingerprint density at radius 2 is 2.22 bits per heavy atom. The minimum absolute atomic E-state index is 0.0907. The molecule has 6 nitrogen and oxygen atoms in total. The second-order valence-corrected chi connectivity index (χ2v) is 4.17. The summed E-state index contributed by atoms with van der Waals surface area (Å²) < 4.78 is 5.22. The molecular formula is C12H14N4O2. The highest BCUT2D eigenvalue weighted by molar-refractivity contribution is 6.00. The number of rotatable bonds is 1. The second kappa shape index (κ2) is 4.66. The number of benzene rings is 1. The van der Waals surface area contributed by atoms with Crippen LogP contribution in [0.25, 0.3) is 10.9 Å². The van der Waals surface area contributed by atoms with Gasteiger partial charge < -0.3 is 15.0 Å². The van der Waals surface area contributed by atoms with Crippen molar-refractivity contribution in [3.8, 4) is 0 Å². The van der Waals surface area contributed by atoms with E-state index in [0.29, 0.717) is 26.3 Å². The Bertz CT molecular complexity index is 560. The van der Waals surface area contributed by atoms with Crippen LogP contribution in [0, 0.1) is 0 Å². The summed E-state index contributed by atoms with van der Waals surface area (Å²) in [6, 6.07) is 5.59. The molecule has 0 unspecified atom stereocenters. The van der Waals surface area contributed by atoms with Crippen LogP contribution >= 0.6 is 0 Å². The maximum Gasteiger partial charge on any atom is 0.322 e. The van der Waals surface area contributed by atoms with Gasteiger partial charge in [-0.05, 0) is 12.1 Å². The number of fused-ring (bicyclic) bond motifs is 1. The van der Waals surface area contributed by atoms with Crippen LogP contribution in [0.4, 0.5) is 10.5 Å². The molecule has 2 N–H and O–H groups in total. The van der Waals surface area contributed by atoms with E-state index in [2.05, 4.69) is 15.5 Å². The summed E-state index contributed by atoms with van der Waals surface area (Å²) >= 11 is 0. The third-order valence-electron chi connectivity index (χ3n) is 3.02. The van der Waals surface area contributed by atoms with Gasteiger partial charge in [-0.2, -0.15) is 5.10 Å². The second-order valence-electron chi connectivity index (χ2n) is 4.17. The highest BCUT2D eigenvalue weighted by Crippen LogP contribution is 2.21. The van der Waals surface area contributed by atoms with Crippen LogP contribution in [0.5, 0.6) is 0 Å². The van der Waals surface area contributed by atoms with Gasteiger partial charge in [0.2, 0.25) is 0 Å². The third kappa shape index (κ3) is 2.02. The summed E-state index contributed by atoms with van der Waals surface area (Å²) in [7, 11) is 0. The van der Waals surface area contributed by atoms with Gasteiger partial charge in [0.05, 0.1) is 30.6 Å². The zero-order valence-electron chi connectivity index (χ0n) is 9.85. The third-order valence-corrected chi connectivity index (χ3v) is 3.02. The molecule has 1 fully saturated rings. The summed E-state index contributed by atoms with van der Waals surface area (Å²) in [5.41, 5.74) is 1.69. The molecule has 6 heteroatoms. The summed E-state index contributed by atoms with van der Waals surface area (Å²) in [6.07, 6.45) is 1.71. The molecule has 0 saturated carbocycles. The average molecular weight is 246 g/mol. The van der Waals surface area contributed by atoms with Crippen LogP contribution in [-0.2, 0) is 4.74 Å². The number of ether oxygens (including phenoxy) is 1. The Morgan fingerprint density at radius 3 is 3.06 bits per heavy atom. The van der Waals surface area contributed by atoms with Crippen molar-refractivity contribution in [2.75, 3.05) is 31.6 Å². The Balaban J connectivity index is 1.79. The van der Waals surface area contributed by atoms with E-state index in [1.165, 1.54) is 0 Å². The van der Waals surface area contributed by atoms with E-state index in [1.54, 1.807) is 11.1 Å². The molecule has 1 aromatic carbocycles. The summed E-state index contributed by atoms with van der Waals surface area (Å²) in [5.74, 6) is 0. The van der Waals surface area contributed by atoms with Crippen molar-refractivity contribution in [1.29, 1.82) is 0 Å². The molecule has 94 valence electrons. The fraction of sp³-hybridized carbons (Fsp3) is 0.333. The van der Waals surface area contributed by atoms with E-state index in [0.717, 1.165) is 16.6 Å². The minimum Gasteiger partial charge on any atom is -0.378 e. The van der Waals surface area contributed by atoms with Crippen LogP contribution in [0.2, 0.25) is 0 Å². The molecule has 2 amide bonds. The molecule has 2 aromatic rings. The summed E-state index contributed by atoms with van der Waals surface area (Å²) in [6.45, 7) is 2.47. The zero-order valence-corrected chi connectivity index (χ0v) is 9.85. The van der Waals surface area contributed by atoms with Gasteiger partial charge in [0.1, 0.15) is 0 Å². The van der Waals surface area contributed by atoms with Crippen LogP contribution in [0.15, 0.2) is 24.4 Å². The molecule has 1 aliphatic heterocycles. The molecule has 0 aliphatic carbocycles. The lowest BCUT2D eigenvalue weighted by Gasteiger charge is -2.27. The van der Waals surface area contributed by atoms with Crippen LogP contribution in [0.3, 0.4) is 0 Å². The number of urea groups is 1. The maximum absolute atomic E-state index is 12.1. The first-order valence-electron chi connectivity index (χ1n) is 5.90. The molecule has 1 aliphatic rings. The van der Waals surface area contributed by atoms with Gasteiger partial charge >= 0.3 is 6.03 Å². The summed E-state index contributed by atoms with van der Waals surface area (Å²) in [5, 5.41) is 10.7. The Labute approximate surface area is 104 Å². The molecule has 0 radical (unpaired) electrons. The molecule has 2 heterocycles. The number of amides is 2. The quantitative estimate of drug-likeness (QED) is 0.799. The van der Waals surface area contributed by atoms with Gasteiger partial charge in [0, 0.05) is 18.5 Å². The monoisotopic (exact) mass is 246 g/mol. The van der Waals surface area contributed by atoms with Gasteiger partial charge in [-0.15, -0.1) is 0 Å². The molecule has 0 atom stereocenters. The lowest BCUT2D eigenvalue weighted by Crippen LogP contribution is -2.43. The first kappa shape index (κ1) is 11.0. The van der Waals surface area contributed by atoms with Gasteiger partial charge in [0.15, 0.2) is 0 Å². The van der Waals surface area contributed by atoms with Crippen molar-refractivity contribution in [2.45, 2.75) is 0 Å². The predicted molar refractivity (Wildman–Crippen MR) is 67.5 cm³/mol. The van der Waals surface area contributed by atoms with Gasteiger partial charge in [-0.1, -0.05) is 6.07 Å². The lowest BCUT2D eigenvalue weighted by molar-refractivity contribution is 0.0565. The number of anilines is 1. The highest BCUT2D eigenvalue weighted by Gasteiger charge is 2.17. The SMILES string of the molecule is O=C(Nc1cccc2[nH]ncc12)N1CCOCC1. The number of hydrogen-bond donors (Lipinski definition) is 2. The van der Waals surface area contributed by atoms with E-state index in [4.69, 9.17) is 4.74 Å². The number of nitrogens with one attached hydrogen (secondary N) is 2. The van der Waals surface area contributed by atoms with E-state index in [9.17, 15) is 4.79 Å². The first-order valence-corrected chi connectivity index (χ1v) is 5.90. The predicted octanol–water partition coefficient (Wildman–Crippen LogP) is 1.43. The number of nitrogens with zero attached hydrogens (tertiary/aromatic N) is 2. The zero-order chi connectivity index (χ0) is 12.4.